The highest BCUT2D eigenvalue weighted by Gasteiger charge is 2.19. The topological polar surface area (TPSA) is 60.6 Å². The minimum atomic E-state index is 0.329. The number of hydrogen-bond donors (Lipinski definition) is 1. The lowest BCUT2D eigenvalue weighted by Crippen LogP contribution is -2.33. The van der Waals surface area contributed by atoms with Crippen molar-refractivity contribution in [3.05, 3.63) is 10.6 Å². The number of methoxy groups -OCH3 is 1. The molecule has 1 atom stereocenters. The van der Waals surface area contributed by atoms with Crippen LogP contribution >= 0.6 is 11.3 Å². The Bertz CT molecular complexity index is 391. The third-order valence-corrected chi connectivity index (χ3v) is 4.55. The van der Waals surface area contributed by atoms with Crippen molar-refractivity contribution in [3.63, 3.8) is 0 Å². The average Bonchev–Trinajstić information content (AvgIpc) is 2.83. The van der Waals surface area contributed by atoms with E-state index in [0.29, 0.717) is 19.3 Å². The molecular formula is C13H23N3O2S. The van der Waals surface area contributed by atoms with Crippen molar-refractivity contribution in [3.8, 4) is 0 Å². The van der Waals surface area contributed by atoms with E-state index >= 15 is 0 Å². The van der Waals surface area contributed by atoms with Crippen molar-refractivity contribution in [2.75, 3.05) is 32.2 Å². The minimum absolute atomic E-state index is 0.329. The van der Waals surface area contributed by atoms with Crippen molar-refractivity contribution < 1.29 is 9.47 Å². The minimum Gasteiger partial charge on any atom is -0.378 e. The fourth-order valence-corrected chi connectivity index (χ4v) is 3.19. The molecule has 108 valence electrons. The molecule has 1 aliphatic rings. The SMILES string of the molecule is COCc1nc(N(C)CC2CCCCO2)sc1CN. The van der Waals surface area contributed by atoms with Crippen LogP contribution in [0.1, 0.15) is 29.8 Å². The molecule has 0 bridgehead atoms. The van der Waals surface area contributed by atoms with Crippen molar-refractivity contribution in [2.24, 2.45) is 5.73 Å². The van der Waals surface area contributed by atoms with Gasteiger partial charge < -0.3 is 20.1 Å². The molecule has 2 rings (SSSR count). The number of nitrogens with two attached hydrogens (primary N) is 1. The fraction of sp³-hybridized carbons (Fsp3) is 0.769. The average molecular weight is 285 g/mol. The predicted octanol–water partition coefficient (Wildman–Crippen LogP) is 1.75. The van der Waals surface area contributed by atoms with Gasteiger partial charge in [-0.05, 0) is 19.3 Å². The van der Waals surface area contributed by atoms with Gasteiger partial charge in [0.25, 0.3) is 0 Å². The first-order valence-corrected chi connectivity index (χ1v) is 7.56. The summed E-state index contributed by atoms with van der Waals surface area (Å²) in [6.07, 6.45) is 3.92. The Morgan fingerprint density at radius 1 is 1.53 bits per heavy atom. The van der Waals surface area contributed by atoms with Crippen molar-refractivity contribution in [1.82, 2.24) is 4.98 Å². The molecular weight excluding hydrogens is 262 g/mol. The molecule has 1 saturated heterocycles. The maximum Gasteiger partial charge on any atom is 0.185 e. The molecule has 0 saturated carbocycles. The zero-order chi connectivity index (χ0) is 13.7. The monoisotopic (exact) mass is 285 g/mol. The van der Waals surface area contributed by atoms with E-state index in [0.717, 1.165) is 35.3 Å². The van der Waals surface area contributed by atoms with Crippen LogP contribution in [-0.2, 0) is 22.6 Å². The van der Waals surface area contributed by atoms with Gasteiger partial charge in [-0.15, -0.1) is 11.3 Å². The first-order valence-electron chi connectivity index (χ1n) is 6.75. The van der Waals surface area contributed by atoms with Gasteiger partial charge in [0.2, 0.25) is 0 Å². The molecule has 0 spiro atoms. The summed E-state index contributed by atoms with van der Waals surface area (Å²) in [5.41, 5.74) is 6.71. The lowest BCUT2D eigenvalue weighted by molar-refractivity contribution is 0.0216. The van der Waals surface area contributed by atoms with Gasteiger partial charge in [-0.1, -0.05) is 0 Å². The number of hydrogen-bond acceptors (Lipinski definition) is 6. The van der Waals surface area contributed by atoms with Crippen LogP contribution in [0.25, 0.3) is 0 Å². The number of aromatic nitrogens is 1. The summed E-state index contributed by atoms with van der Waals surface area (Å²) in [5.74, 6) is 0. The quantitative estimate of drug-likeness (QED) is 0.863. The first-order chi connectivity index (χ1) is 9.24. The van der Waals surface area contributed by atoms with Gasteiger partial charge in [0.15, 0.2) is 5.13 Å². The Kier molecular flexibility index (Phi) is 5.57. The van der Waals surface area contributed by atoms with Crippen LogP contribution < -0.4 is 10.6 Å². The number of ether oxygens (including phenoxy) is 2. The summed E-state index contributed by atoms with van der Waals surface area (Å²) in [4.78, 5) is 7.89. The Morgan fingerprint density at radius 2 is 2.37 bits per heavy atom. The van der Waals surface area contributed by atoms with Crippen molar-refractivity contribution >= 4 is 16.5 Å². The zero-order valence-electron chi connectivity index (χ0n) is 11.7. The van der Waals surface area contributed by atoms with Crippen LogP contribution in [-0.4, -0.2) is 38.4 Å². The van der Waals surface area contributed by atoms with E-state index in [1.54, 1.807) is 18.4 Å². The summed E-state index contributed by atoms with van der Waals surface area (Å²) in [6, 6.07) is 0. The van der Waals surface area contributed by atoms with Gasteiger partial charge >= 0.3 is 0 Å². The molecule has 0 aromatic carbocycles. The Morgan fingerprint density at radius 3 is 3.00 bits per heavy atom. The number of likely N-dealkylation sites (N-methyl/N-ethyl adjacent to an activating group) is 1. The normalized spacial score (nSPS) is 19.6. The largest absolute Gasteiger partial charge is 0.378 e. The summed E-state index contributed by atoms with van der Waals surface area (Å²) in [5, 5.41) is 1.00. The lowest BCUT2D eigenvalue weighted by atomic mass is 10.1. The van der Waals surface area contributed by atoms with Crippen molar-refractivity contribution in [1.29, 1.82) is 0 Å². The Balaban J connectivity index is 1.99. The zero-order valence-corrected chi connectivity index (χ0v) is 12.5. The van der Waals surface area contributed by atoms with Crippen molar-refractivity contribution in [2.45, 2.75) is 38.5 Å². The van der Waals surface area contributed by atoms with Crippen LogP contribution in [0.3, 0.4) is 0 Å². The molecule has 0 aliphatic carbocycles. The number of rotatable bonds is 6. The maximum atomic E-state index is 5.77. The van der Waals surface area contributed by atoms with Crippen LogP contribution in [0.4, 0.5) is 5.13 Å². The fourth-order valence-electron chi connectivity index (χ4n) is 2.28. The number of thiazole rings is 1. The molecule has 1 aromatic heterocycles. The van der Waals surface area contributed by atoms with Gasteiger partial charge in [0.05, 0.1) is 18.4 Å². The Hall–Kier alpha value is -0.690. The van der Waals surface area contributed by atoms with E-state index in [9.17, 15) is 0 Å². The predicted molar refractivity (Wildman–Crippen MR) is 77.6 cm³/mol. The molecule has 6 heteroatoms. The van der Waals surface area contributed by atoms with Crippen LogP contribution in [0.5, 0.6) is 0 Å². The number of anilines is 1. The summed E-state index contributed by atoms with van der Waals surface area (Å²) < 4.78 is 10.9. The second-order valence-corrected chi connectivity index (χ2v) is 5.93. The highest BCUT2D eigenvalue weighted by molar-refractivity contribution is 7.15. The standard InChI is InChI=1S/C13H23N3O2S/c1-16(8-10-5-3-4-6-18-10)13-15-11(9-17-2)12(7-14)19-13/h10H,3-9,14H2,1-2H3. The molecule has 19 heavy (non-hydrogen) atoms. The smallest absolute Gasteiger partial charge is 0.185 e. The lowest BCUT2D eigenvalue weighted by Gasteiger charge is -2.27. The first kappa shape index (κ1) is 14.7. The molecule has 0 radical (unpaired) electrons. The van der Waals surface area contributed by atoms with Crippen LogP contribution in [0.15, 0.2) is 0 Å². The summed E-state index contributed by atoms with van der Waals surface area (Å²) in [6.45, 7) is 2.82. The maximum absolute atomic E-state index is 5.77. The van der Waals surface area contributed by atoms with Crippen LogP contribution in [0, 0.1) is 0 Å². The summed E-state index contributed by atoms with van der Waals surface area (Å²) >= 11 is 1.65. The molecule has 2 heterocycles. The van der Waals surface area contributed by atoms with E-state index in [1.807, 2.05) is 0 Å². The van der Waals surface area contributed by atoms with Crippen LogP contribution in [0.2, 0.25) is 0 Å². The van der Waals surface area contributed by atoms with E-state index < -0.39 is 0 Å². The molecule has 1 aliphatic heterocycles. The highest BCUT2D eigenvalue weighted by atomic mass is 32.1. The Labute approximate surface area is 118 Å². The molecule has 2 N–H and O–H groups in total. The van der Waals surface area contributed by atoms with E-state index in [1.165, 1.54) is 12.8 Å². The molecule has 0 amide bonds. The molecule has 1 unspecified atom stereocenters. The summed E-state index contributed by atoms with van der Waals surface area (Å²) in [7, 11) is 3.74. The van der Waals surface area contributed by atoms with Gasteiger partial charge in [-0.3, -0.25) is 0 Å². The third kappa shape index (κ3) is 3.89. The van der Waals surface area contributed by atoms with E-state index in [2.05, 4.69) is 16.9 Å². The van der Waals surface area contributed by atoms with E-state index in [-0.39, 0.29) is 0 Å². The number of nitrogens with zero attached hydrogens (tertiary/aromatic N) is 2. The van der Waals surface area contributed by atoms with E-state index in [4.69, 9.17) is 15.2 Å². The molecule has 5 nitrogen and oxygen atoms in total. The molecule has 1 aromatic rings. The second-order valence-electron chi connectivity index (χ2n) is 4.87. The molecule has 1 fully saturated rings. The third-order valence-electron chi connectivity index (χ3n) is 3.31. The van der Waals surface area contributed by atoms with Gasteiger partial charge in [0, 0.05) is 38.7 Å². The second kappa shape index (κ2) is 7.19. The van der Waals surface area contributed by atoms with Gasteiger partial charge in [0.1, 0.15) is 0 Å². The van der Waals surface area contributed by atoms with Gasteiger partial charge in [-0.2, -0.15) is 0 Å². The highest BCUT2D eigenvalue weighted by Crippen LogP contribution is 2.27. The van der Waals surface area contributed by atoms with Gasteiger partial charge in [-0.25, -0.2) is 4.98 Å².